The Morgan fingerprint density at radius 2 is 1.90 bits per heavy atom. The first-order valence-corrected chi connectivity index (χ1v) is 8.13. The van der Waals surface area contributed by atoms with Gasteiger partial charge >= 0.3 is 0 Å². The van der Waals surface area contributed by atoms with E-state index in [0.29, 0.717) is 11.3 Å². The van der Waals surface area contributed by atoms with Gasteiger partial charge in [0.2, 0.25) is 0 Å². The van der Waals surface area contributed by atoms with Crippen LogP contribution in [0, 0.1) is 0 Å². The molecule has 0 bridgehead atoms. The molecule has 0 radical (unpaired) electrons. The molecule has 1 aromatic carbocycles. The smallest absolute Gasteiger partial charge is 0.159 e. The summed E-state index contributed by atoms with van der Waals surface area (Å²) in [6.07, 6.45) is 6.30. The fourth-order valence-electron chi connectivity index (χ4n) is 2.47. The average Bonchev–Trinajstić information content (AvgIpc) is 2.51. The zero-order valence-electron chi connectivity index (χ0n) is 11.6. The maximum absolute atomic E-state index is 4.46. The quantitative estimate of drug-likeness (QED) is 0.930. The molecule has 2 aromatic rings. The average molecular weight is 285 g/mol. The molecule has 1 N–H and O–H groups in total. The topological polar surface area (TPSA) is 37.8 Å². The third-order valence-electron chi connectivity index (χ3n) is 3.64. The molecule has 0 amide bonds. The summed E-state index contributed by atoms with van der Waals surface area (Å²) in [6, 6.07) is 10.6. The van der Waals surface area contributed by atoms with Crippen LogP contribution in [0.4, 0.5) is 5.69 Å². The highest BCUT2D eigenvalue weighted by Crippen LogP contribution is 2.27. The van der Waals surface area contributed by atoms with Crippen LogP contribution >= 0.6 is 11.8 Å². The van der Waals surface area contributed by atoms with Gasteiger partial charge in [0.05, 0.1) is 18.1 Å². The van der Waals surface area contributed by atoms with Crippen molar-refractivity contribution < 1.29 is 0 Å². The van der Waals surface area contributed by atoms with Gasteiger partial charge in [0.1, 0.15) is 0 Å². The molecular formula is C16H19N3S. The Morgan fingerprint density at radius 1 is 1.15 bits per heavy atom. The van der Waals surface area contributed by atoms with Crippen LogP contribution in [0.3, 0.4) is 0 Å². The van der Waals surface area contributed by atoms with Crippen LogP contribution < -0.4 is 5.32 Å². The highest BCUT2D eigenvalue weighted by Gasteiger charge is 2.21. The lowest BCUT2D eigenvalue weighted by atomic mass is 10.1. The van der Waals surface area contributed by atoms with Crippen molar-refractivity contribution in [3.8, 4) is 11.4 Å². The van der Waals surface area contributed by atoms with Gasteiger partial charge < -0.3 is 5.32 Å². The zero-order chi connectivity index (χ0) is 13.8. The highest BCUT2D eigenvalue weighted by atomic mass is 32.2. The van der Waals surface area contributed by atoms with E-state index in [1.54, 1.807) is 0 Å². The van der Waals surface area contributed by atoms with Gasteiger partial charge in [-0.25, -0.2) is 9.97 Å². The summed E-state index contributed by atoms with van der Waals surface area (Å²) in [7, 11) is 0. The molecule has 104 valence electrons. The van der Waals surface area contributed by atoms with Gasteiger partial charge in [-0.3, -0.25) is 0 Å². The second kappa shape index (κ2) is 6.27. The first-order chi connectivity index (χ1) is 9.83. The molecule has 0 saturated carbocycles. The molecule has 3 nitrogen and oxygen atoms in total. The number of benzene rings is 1. The summed E-state index contributed by atoms with van der Waals surface area (Å²) in [4.78, 5) is 8.92. The van der Waals surface area contributed by atoms with E-state index in [1.165, 1.54) is 18.6 Å². The van der Waals surface area contributed by atoms with E-state index in [4.69, 9.17) is 0 Å². The van der Waals surface area contributed by atoms with Crippen molar-refractivity contribution >= 4 is 17.4 Å². The molecular weight excluding hydrogens is 266 g/mol. The van der Waals surface area contributed by atoms with Crippen molar-refractivity contribution in [1.82, 2.24) is 9.97 Å². The van der Waals surface area contributed by atoms with E-state index in [-0.39, 0.29) is 0 Å². The van der Waals surface area contributed by atoms with E-state index in [0.717, 1.165) is 17.1 Å². The number of anilines is 1. The van der Waals surface area contributed by atoms with Gasteiger partial charge in [0.15, 0.2) is 5.82 Å². The first kappa shape index (κ1) is 13.4. The monoisotopic (exact) mass is 285 g/mol. The number of nitrogens with one attached hydrogen (secondary N) is 1. The Hall–Kier alpha value is -1.55. The lowest BCUT2D eigenvalue weighted by Crippen LogP contribution is -2.32. The van der Waals surface area contributed by atoms with Crippen LogP contribution in [-0.2, 0) is 0 Å². The molecule has 0 aliphatic carbocycles. The maximum Gasteiger partial charge on any atom is 0.159 e. The standard InChI is InChI=1S/C16H19N3S/c1-12-15(8-5-9-20-12)19-14-10-17-16(18-11-14)13-6-3-2-4-7-13/h2-4,6-7,10-12,15,19H,5,8-9H2,1H3. The van der Waals surface area contributed by atoms with Crippen molar-refractivity contribution in [1.29, 1.82) is 0 Å². The summed E-state index contributed by atoms with van der Waals surface area (Å²) >= 11 is 2.04. The van der Waals surface area contributed by atoms with Crippen LogP contribution in [0.1, 0.15) is 19.8 Å². The van der Waals surface area contributed by atoms with Gasteiger partial charge in [0, 0.05) is 16.9 Å². The fourth-order valence-corrected chi connectivity index (χ4v) is 3.61. The Kier molecular flexibility index (Phi) is 4.21. The van der Waals surface area contributed by atoms with E-state index in [1.807, 2.05) is 54.5 Å². The van der Waals surface area contributed by atoms with Crippen LogP contribution in [0.15, 0.2) is 42.7 Å². The second-order valence-electron chi connectivity index (χ2n) is 5.13. The van der Waals surface area contributed by atoms with Crippen molar-refractivity contribution in [2.24, 2.45) is 0 Å². The number of hydrogen-bond donors (Lipinski definition) is 1. The molecule has 2 unspecified atom stereocenters. The fraction of sp³-hybridized carbons (Fsp3) is 0.375. The minimum absolute atomic E-state index is 0.528. The zero-order valence-corrected chi connectivity index (χ0v) is 12.4. The van der Waals surface area contributed by atoms with Gasteiger partial charge in [-0.15, -0.1) is 0 Å². The van der Waals surface area contributed by atoms with Crippen LogP contribution in [-0.4, -0.2) is 27.0 Å². The Balaban J connectivity index is 1.70. The summed E-state index contributed by atoms with van der Waals surface area (Å²) in [5.74, 6) is 2.06. The highest BCUT2D eigenvalue weighted by molar-refractivity contribution is 8.00. The lowest BCUT2D eigenvalue weighted by molar-refractivity contribution is 0.617. The normalized spacial score (nSPS) is 22.4. The van der Waals surface area contributed by atoms with Crippen molar-refractivity contribution in [2.75, 3.05) is 11.1 Å². The predicted molar refractivity (Wildman–Crippen MR) is 86.0 cm³/mol. The molecule has 0 spiro atoms. The van der Waals surface area contributed by atoms with Crippen LogP contribution in [0.5, 0.6) is 0 Å². The molecule has 1 aromatic heterocycles. The minimum Gasteiger partial charge on any atom is -0.379 e. The van der Waals surface area contributed by atoms with Gasteiger partial charge in [-0.05, 0) is 18.6 Å². The Bertz CT molecular complexity index is 541. The molecule has 3 rings (SSSR count). The number of nitrogens with zero attached hydrogens (tertiary/aromatic N) is 2. The first-order valence-electron chi connectivity index (χ1n) is 7.08. The largest absolute Gasteiger partial charge is 0.379 e. The lowest BCUT2D eigenvalue weighted by Gasteiger charge is -2.29. The predicted octanol–water partition coefficient (Wildman–Crippen LogP) is 3.84. The van der Waals surface area contributed by atoms with Gasteiger partial charge in [-0.1, -0.05) is 37.3 Å². The number of hydrogen-bond acceptors (Lipinski definition) is 4. The summed E-state index contributed by atoms with van der Waals surface area (Å²) in [5.41, 5.74) is 2.07. The Morgan fingerprint density at radius 3 is 2.60 bits per heavy atom. The third kappa shape index (κ3) is 3.12. The summed E-state index contributed by atoms with van der Waals surface area (Å²) in [5, 5.41) is 4.21. The van der Waals surface area contributed by atoms with E-state index >= 15 is 0 Å². The molecule has 1 aliphatic heterocycles. The Labute approximate surface area is 124 Å². The minimum atomic E-state index is 0.528. The molecule has 20 heavy (non-hydrogen) atoms. The molecule has 1 aliphatic rings. The van der Waals surface area contributed by atoms with Crippen LogP contribution in [0.25, 0.3) is 11.4 Å². The maximum atomic E-state index is 4.46. The van der Waals surface area contributed by atoms with Crippen LogP contribution in [0.2, 0.25) is 0 Å². The van der Waals surface area contributed by atoms with Gasteiger partial charge in [-0.2, -0.15) is 11.8 Å². The van der Waals surface area contributed by atoms with E-state index < -0.39 is 0 Å². The molecule has 4 heteroatoms. The van der Waals surface area contributed by atoms with Crippen molar-refractivity contribution in [3.05, 3.63) is 42.7 Å². The second-order valence-corrected chi connectivity index (χ2v) is 6.62. The summed E-state index contributed by atoms with van der Waals surface area (Å²) in [6.45, 7) is 2.29. The molecule has 2 atom stereocenters. The molecule has 1 fully saturated rings. The summed E-state index contributed by atoms with van der Waals surface area (Å²) < 4.78 is 0. The van der Waals surface area contributed by atoms with Gasteiger partial charge in [0.25, 0.3) is 0 Å². The van der Waals surface area contributed by atoms with Crippen molar-refractivity contribution in [3.63, 3.8) is 0 Å². The molecule has 1 saturated heterocycles. The SMILES string of the molecule is CC1SCCCC1Nc1cnc(-c2ccccc2)nc1. The van der Waals surface area contributed by atoms with E-state index in [2.05, 4.69) is 22.2 Å². The number of thioether (sulfide) groups is 1. The van der Waals surface area contributed by atoms with Crippen molar-refractivity contribution in [2.45, 2.75) is 31.1 Å². The third-order valence-corrected chi connectivity index (χ3v) is 5.02. The number of rotatable bonds is 3. The van der Waals surface area contributed by atoms with E-state index in [9.17, 15) is 0 Å². The number of aromatic nitrogens is 2. The molecule has 2 heterocycles.